The molecule has 0 spiro atoms. The maximum Gasteiger partial charge on any atom is 0.335 e. The summed E-state index contributed by atoms with van der Waals surface area (Å²) in [6.45, 7) is 1.90. The van der Waals surface area contributed by atoms with Crippen molar-refractivity contribution < 1.29 is 34.0 Å². The zero-order valence-electron chi connectivity index (χ0n) is 20.2. The van der Waals surface area contributed by atoms with Crippen LogP contribution in [0.3, 0.4) is 0 Å². The number of aromatic carboxylic acids is 1. The standard InChI is InChI=1S/C28H36O7/c29-27(30)20-23-19-22(28(31)32)12-15-26(23)35-18-6-7-21-10-13-25(14-11-21)34-17-5-4-16-33-24-8-2-1-3-9-24/h10-15,19,24H,1-9,16-18,20H2,(H,29,30)(H,31,32). The van der Waals surface area contributed by atoms with Gasteiger partial charge in [-0.25, -0.2) is 4.79 Å². The van der Waals surface area contributed by atoms with Gasteiger partial charge in [0.25, 0.3) is 0 Å². The number of benzene rings is 2. The van der Waals surface area contributed by atoms with E-state index in [1.54, 1.807) is 0 Å². The third-order valence-electron chi connectivity index (χ3n) is 6.15. The van der Waals surface area contributed by atoms with Crippen LogP contribution in [-0.2, 0) is 22.4 Å². The van der Waals surface area contributed by atoms with Gasteiger partial charge >= 0.3 is 11.9 Å². The molecule has 0 saturated heterocycles. The highest BCUT2D eigenvalue weighted by atomic mass is 16.5. The molecule has 35 heavy (non-hydrogen) atoms. The first-order valence-corrected chi connectivity index (χ1v) is 12.6. The van der Waals surface area contributed by atoms with Crippen LogP contribution in [0.15, 0.2) is 42.5 Å². The first-order chi connectivity index (χ1) is 17.0. The fourth-order valence-electron chi connectivity index (χ4n) is 4.24. The molecular weight excluding hydrogens is 448 g/mol. The third-order valence-corrected chi connectivity index (χ3v) is 6.15. The van der Waals surface area contributed by atoms with Crippen LogP contribution in [0.1, 0.15) is 72.9 Å². The number of hydrogen-bond donors (Lipinski definition) is 2. The van der Waals surface area contributed by atoms with Crippen molar-refractivity contribution in [2.24, 2.45) is 0 Å². The van der Waals surface area contributed by atoms with Gasteiger partial charge in [0.1, 0.15) is 11.5 Å². The van der Waals surface area contributed by atoms with Gasteiger partial charge in [-0.15, -0.1) is 0 Å². The van der Waals surface area contributed by atoms with Gasteiger partial charge in [-0.1, -0.05) is 31.4 Å². The van der Waals surface area contributed by atoms with Crippen LogP contribution in [-0.4, -0.2) is 48.1 Å². The molecule has 0 bridgehead atoms. The first kappa shape index (κ1) is 26.5. The molecule has 2 aromatic carbocycles. The van der Waals surface area contributed by atoms with E-state index in [1.807, 2.05) is 24.3 Å². The van der Waals surface area contributed by atoms with E-state index in [0.717, 1.165) is 43.6 Å². The molecule has 1 saturated carbocycles. The normalized spacial score (nSPS) is 13.9. The molecule has 2 N–H and O–H groups in total. The topological polar surface area (TPSA) is 102 Å². The third kappa shape index (κ3) is 9.61. The minimum Gasteiger partial charge on any atom is -0.494 e. The molecule has 190 valence electrons. The number of rotatable bonds is 15. The second-order valence-corrected chi connectivity index (χ2v) is 8.98. The van der Waals surface area contributed by atoms with Crippen LogP contribution in [0.5, 0.6) is 11.5 Å². The summed E-state index contributed by atoms with van der Waals surface area (Å²) in [6, 6.07) is 12.3. The molecule has 1 fully saturated rings. The molecule has 0 aliphatic heterocycles. The first-order valence-electron chi connectivity index (χ1n) is 12.6. The summed E-state index contributed by atoms with van der Waals surface area (Å²) in [6.07, 6.45) is 10.1. The summed E-state index contributed by atoms with van der Waals surface area (Å²) in [5, 5.41) is 18.2. The lowest BCUT2D eigenvalue weighted by Crippen LogP contribution is -2.17. The van der Waals surface area contributed by atoms with Gasteiger partial charge in [0.2, 0.25) is 0 Å². The van der Waals surface area contributed by atoms with Gasteiger partial charge < -0.3 is 24.4 Å². The predicted octanol–water partition coefficient (Wildman–Crippen LogP) is 5.53. The zero-order chi connectivity index (χ0) is 24.9. The molecule has 1 aliphatic carbocycles. The van der Waals surface area contributed by atoms with Gasteiger partial charge in [-0.05, 0) is 74.4 Å². The Kier molecular flexibility index (Phi) is 10.9. The molecular formula is C28H36O7. The van der Waals surface area contributed by atoms with Crippen molar-refractivity contribution in [2.75, 3.05) is 19.8 Å². The van der Waals surface area contributed by atoms with E-state index in [9.17, 15) is 9.59 Å². The molecule has 0 unspecified atom stereocenters. The van der Waals surface area contributed by atoms with Crippen molar-refractivity contribution in [1.82, 2.24) is 0 Å². The number of hydrogen-bond acceptors (Lipinski definition) is 5. The SMILES string of the molecule is O=C(O)Cc1cc(C(=O)O)ccc1OCCCc1ccc(OCCCCOC2CCCCC2)cc1. The van der Waals surface area contributed by atoms with E-state index < -0.39 is 11.9 Å². The quantitative estimate of drug-likeness (QED) is 0.320. The van der Waals surface area contributed by atoms with E-state index in [-0.39, 0.29) is 12.0 Å². The van der Waals surface area contributed by atoms with Crippen molar-refractivity contribution in [3.63, 3.8) is 0 Å². The lowest BCUT2D eigenvalue weighted by atomic mass is 9.98. The number of carboxylic acid groups (broad SMARTS) is 2. The smallest absolute Gasteiger partial charge is 0.335 e. The second-order valence-electron chi connectivity index (χ2n) is 8.98. The van der Waals surface area contributed by atoms with E-state index in [1.165, 1.54) is 50.3 Å². The Labute approximate surface area is 207 Å². The van der Waals surface area contributed by atoms with Gasteiger partial charge in [-0.3, -0.25) is 4.79 Å². The summed E-state index contributed by atoms with van der Waals surface area (Å²) in [5.74, 6) is -0.868. The Hall–Kier alpha value is -3.06. The molecule has 0 aromatic heterocycles. The second kappa shape index (κ2) is 14.4. The Bertz CT molecular complexity index is 933. The largest absolute Gasteiger partial charge is 0.494 e. The number of aryl methyl sites for hydroxylation is 1. The van der Waals surface area contributed by atoms with Crippen molar-refractivity contribution in [2.45, 2.75) is 70.3 Å². The monoisotopic (exact) mass is 484 g/mol. The molecule has 1 aliphatic rings. The molecule has 0 amide bonds. The minimum atomic E-state index is -1.10. The van der Waals surface area contributed by atoms with Crippen LogP contribution >= 0.6 is 0 Å². The van der Waals surface area contributed by atoms with Crippen molar-refractivity contribution in [3.8, 4) is 11.5 Å². The van der Waals surface area contributed by atoms with Crippen LogP contribution in [0.2, 0.25) is 0 Å². The number of aliphatic carboxylic acids is 1. The number of carbonyl (C=O) groups is 2. The van der Waals surface area contributed by atoms with Crippen LogP contribution in [0, 0.1) is 0 Å². The zero-order valence-corrected chi connectivity index (χ0v) is 20.2. The van der Waals surface area contributed by atoms with Crippen molar-refractivity contribution >= 4 is 11.9 Å². The summed E-state index contributed by atoms with van der Waals surface area (Å²) < 4.78 is 17.5. The summed E-state index contributed by atoms with van der Waals surface area (Å²) in [4.78, 5) is 22.2. The maximum atomic E-state index is 11.1. The van der Waals surface area contributed by atoms with Crippen molar-refractivity contribution in [1.29, 1.82) is 0 Å². The van der Waals surface area contributed by atoms with E-state index in [2.05, 4.69) is 0 Å². The highest BCUT2D eigenvalue weighted by molar-refractivity contribution is 5.88. The minimum absolute atomic E-state index is 0.0451. The summed E-state index contributed by atoms with van der Waals surface area (Å²) in [7, 11) is 0. The summed E-state index contributed by atoms with van der Waals surface area (Å²) >= 11 is 0. The molecule has 7 nitrogen and oxygen atoms in total. The fourth-order valence-corrected chi connectivity index (χ4v) is 4.24. The highest BCUT2D eigenvalue weighted by Gasteiger charge is 2.14. The number of unbranched alkanes of at least 4 members (excludes halogenated alkanes) is 1. The Morgan fingerprint density at radius 3 is 2.26 bits per heavy atom. The molecule has 0 atom stereocenters. The highest BCUT2D eigenvalue weighted by Crippen LogP contribution is 2.22. The molecule has 0 radical (unpaired) electrons. The average molecular weight is 485 g/mol. The molecule has 2 aromatic rings. The molecule has 0 heterocycles. The van der Waals surface area contributed by atoms with Gasteiger partial charge in [0, 0.05) is 12.2 Å². The van der Waals surface area contributed by atoms with E-state index >= 15 is 0 Å². The van der Waals surface area contributed by atoms with Crippen molar-refractivity contribution in [3.05, 3.63) is 59.2 Å². The van der Waals surface area contributed by atoms with E-state index in [0.29, 0.717) is 30.6 Å². The Balaban J connectivity index is 1.32. The molecule has 3 rings (SSSR count). The number of ether oxygens (including phenoxy) is 3. The van der Waals surface area contributed by atoms with Gasteiger partial charge in [0.15, 0.2) is 0 Å². The predicted molar refractivity (Wildman–Crippen MR) is 133 cm³/mol. The Morgan fingerprint density at radius 2 is 1.54 bits per heavy atom. The lowest BCUT2D eigenvalue weighted by Gasteiger charge is -2.21. The van der Waals surface area contributed by atoms with Gasteiger partial charge in [0.05, 0.1) is 31.3 Å². The Morgan fingerprint density at radius 1 is 0.829 bits per heavy atom. The van der Waals surface area contributed by atoms with Crippen LogP contribution < -0.4 is 9.47 Å². The maximum absolute atomic E-state index is 11.1. The fraction of sp³-hybridized carbons (Fsp3) is 0.500. The number of carboxylic acids is 2. The van der Waals surface area contributed by atoms with E-state index in [4.69, 9.17) is 24.4 Å². The van der Waals surface area contributed by atoms with Crippen LogP contribution in [0.4, 0.5) is 0 Å². The average Bonchev–Trinajstić information content (AvgIpc) is 2.85. The van der Waals surface area contributed by atoms with Gasteiger partial charge in [-0.2, -0.15) is 0 Å². The molecule has 7 heteroatoms. The van der Waals surface area contributed by atoms with Crippen LogP contribution in [0.25, 0.3) is 0 Å². The lowest BCUT2D eigenvalue weighted by molar-refractivity contribution is -0.136. The summed E-state index contributed by atoms with van der Waals surface area (Å²) in [5.41, 5.74) is 1.57.